The third-order valence-corrected chi connectivity index (χ3v) is 5.83. The van der Waals surface area contributed by atoms with Crippen molar-refractivity contribution < 1.29 is 27.1 Å². The molecule has 2 fully saturated rings. The molecule has 0 saturated carbocycles. The van der Waals surface area contributed by atoms with Crippen LogP contribution in [0.4, 0.5) is 17.6 Å². The summed E-state index contributed by atoms with van der Waals surface area (Å²) in [6, 6.07) is 4.97. The lowest BCUT2D eigenvalue weighted by atomic mass is 10.1. The predicted molar refractivity (Wildman–Crippen MR) is 106 cm³/mol. The minimum atomic E-state index is -4.45. The molecule has 0 spiro atoms. The molecule has 2 N–H and O–H groups in total. The number of ether oxygens (including phenoxy) is 1. The summed E-state index contributed by atoms with van der Waals surface area (Å²) >= 11 is 0. The van der Waals surface area contributed by atoms with Crippen LogP contribution >= 0.6 is 0 Å². The molecule has 1 aromatic heterocycles. The second-order valence-corrected chi connectivity index (χ2v) is 8.08. The number of likely N-dealkylation sites (tertiary alicyclic amines) is 2. The molecule has 1 aromatic carbocycles. The van der Waals surface area contributed by atoms with Crippen LogP contribution in [0.5, 0.6) is 5.75 Å². The van der Waals surface area contributed by atoms with Gasteiger partial charge in [0.1, 0.15) is 18.0 Å². The molecule has 3 heterocycles. The van der Waals surface area contributed by atoms with Gasteiger partial charge in [-0.1, -0.05) is 0 Å². The Labute approximate surface area is 176 Å². The number of alkyl halides is 4. The van der Waals surface area contributed by atoms with Crippen molar-refractivity contribution in [3.63, 3.8) is 0 Å². The Morgan fingerprint density at radius 2 is 1.97 bits per heavy atom. The first-order chi connectivity index (χ1) is 14.7. The first-order valence-electron chi connectivity index (χ1n) is 10.2. The van der Waals surface area contributed by atoms with Gasteiger partial charge in [0.05, 0.1) is 30.3 Å². The molecular weight excluding hydrogens is 416 g/mol. The van der Waals surface area contributed by atoms with E-state index in [1.165, 1.54) is 17.2 Å². The lowest BCUT2D eigenvalue weighted by molar-refractivity contribution is -0.137. The van der Waals surface area contributed by atoms with E-state index >= 15 is 0 Å². The van der Waals surface area contributed by atoms with Crippen LogP contribution < -0.4 is 10.5 Å². The Hall–Kier alpha value is -2.46. The fourth-order valence-electron chi connectivity index (χ4n) is 4.15. The molecule has 0 radical (unpaired) electrons. The number of nitrogens with two attached hydrogens (primary N) is 1. The maximum absolute atomic E-state index is 13.5. The molecule has 0 aliphatic carbocycles. The number of benzene rings is 1. The molecule has 1 amide bonds. The summed E-state index contributed by atoms with van der Waals surface area (Å²) in [7, 11) is 0. The number of nitrogens with zero attached hydrogens (tertiary/aromatic N) is 3. The van der Waals surface area contributed by atoms with Crippen molar-refractivity contribution >= 4 is 16.8 Å². The molecule has 2 atom stereocenters. The maximum atomic E-state index is 13.5. The molecule has 0 bridgehead atoms. The summed E-state index contributed by atoms with van der Waals surface area (Å²) in [5, 5.41) is 0.318. The lowest BCUT2D eigenvalue weighted by Gasteiger charge is -2.33. The van der Waals surface area contributed by atoms with E-state index in [0.717, 1.165) is 12.1 Å². The standard InChI is InChI=1S/C21H24F4N4O2/c22-14-10-19(26)29(11-14)20(30)12-28-7-4-15(5-8-28)31-18-3-6-27-17-2-1-13(9-16(17)18)21(23,24)25/h1-3,6,9,14-15,19H,4-5,7-8,10-12,26H2/t14-,19-/m0/s1. The van der Waals surface area contributed by atoms with Crippen LogP contribution in [-0.4, -0.2) is 65.3 Å². The summed E-state index contributed by atoms with van der Waals surface area (Å²) in [4.78, 5) is 19.9. The predicted octanol–water partition coefficient (Wildman–Crippen LogP) is 2.95. The molecule has 6 nitrogen and oxygen atoms in total. The second-order valence-electron chi connectivity index (χ2n) is 8.08. The van der Waals surface area contributed by atoms with Crippen LogP contribution in [0.3, 0.4) is 0 Å². The van der Waals surface area contributed by atoms with E-state index in [2.05, 4.69) is 4.98 Å². The first kappa shape index (κ1) is 21.8. The van der Waals surface area contributed by atoms with Crippen LogP contribution in [0.1, 0.15) is 24.8 Å². The number of pyridine rings is 1. The third kappa shape index (κ3) is 4.90. The quantitative estimate of drug-likeness (QED) is 0.741. The summed E-state index contributed by atoms with van der Waals surface area (Å²) in [5.74, 6) is 0.175. The van der Waals surface area contributed by atoms with Gasteiger partial charge in [-0.15, -0.1) is 0 Å². The third-order valence-electron chi connectivity index (χ3n) is 5.83. The molecule has 2 aliphatic rings. The molecule has 2 aliphatic heterocycles. The van der Waals surface area contributed by atoms with Gasteiger partial charge in [0.25, 0.3) is 0 Å². The second kappa shape index (κ2) is 8.58. The number of carbonyl (C=O) groups excluding carboxylic acids is 1. The highest BCUT2D eigenvalue weighted by atomic mass is 19.4. The highest BCUT2D eigenvalue weighted by Crippen LogP contribution is 2.34. The van der Waals surface area contributed by atoms with Crippen molar-refractivity contribution in [3.8, 4) is 5.75 Å². The molecule has 168 valence electrons. The normalized spacial score (nSPS) is 23.5. The van der Waals surface area contributed by atoms with Crippen molar-refractivity contribution in [3.05, 3.63) is 36.0 Å². The molecule has 0 unspecified atom stereocenters. The van der Waals surface area contributed by atoms with Crippen LogP contribution in [0, 0.1) is 0 Å². The number of halogens is 4. The van der Waals surface area contributed by atoms with E-state index in [9.17, 15) is 22.4 Å². The molecule has 2 saturated heterocycles. The van der Waals surface area contributed by atoms with E-state index in [-0.39, 0.29) is 31.5 Å². The van der Waals surface area contributed by atoms with Gasteiger partial charge in [0.2, 0.25) is 5.91 Å². The number of fused-ring (bicyclic) bond motifs is 1. The van der Waals surface area contributed by atoms with Gasteiger partial charge in [0, 0.05) is 31.1 Å². The van der Waals surface area contributed by atoms with E-state index < -0.39 is 24.1 Å². The Morgan fingerprint density at radius 3 is 2.61 bits per heavy atom. The number of rotatable bonds is 4. The lowest BCUT2D eigenvalue weighted by Crippen LogP contribution is -2.48. The number of carbonyl (C=O) groups is 1. The highest BCUT2D eigenvalue weighted by Gasteiger charge is 2.34. The minimum Gasteiger partial charge on any atom is -0.490 e. The van der Waals surface area contributed by atoms with Crippen molar-refractivity contribution in [2.45, 2.75) is 43.9 Å². The SMILES string of the molecule is N[C@@H]1C[C@H](F)CN1C(=O)CN1CCC(Oc2ccnc3ccc(C(F)(F)F)cc23)CC1. The molecule has 31 heavy (non-hydrogen) atoms. The summed E-state index contributed by atoms with van der Waals surface area (Å²) in [6.45, 7) is 1.39. The van der Waals surface area contributed by atoms with Crippen LogP contribution in [0.25, 0.3) is 10.9 Å². The average Bonchev–Trinajstić information content (AvgIpc) is 3.07. The van der Waals surface area contributed by atoms with Gasteiger partial charge in [-0.2, -0.15) is 13.2 Å². The van der Waals surface area contributed by atoms with Gasteiger partial charge >= 0.3 is 6.18 Å². The fourth-order valence-corrected chi connectivity index (χ4v) is 4.15. The van der Waals surface area contributed by atoms with Gasteiger partial charge < -0.3 is 15.4 Å². The summed E-state index contributed by atoms with van der Waals surface area (Å²) < 4.78 is 58.7. The zero-order valence-corrected chi connectivity index (χ0v) is 16.8. The smallest absolute Gasteiger partial charge is 0.416 e. The van der Waals surface area contributed by atoms with Gasteiger partial charge in [0.15, 0.2) is 0 Å². The zero-order valence-electron chi connectivity index (χ0n) is 16.8. The van der Waals surface area contributed by atoms with E-state index in [1.54, 1.807) is 6.07 Å². The van der Waals surface area contributed by atoms with E-state index in [1.807, 2.05) is 4.90 Å². The summed E-state index contributed by atoms with van der Waals surface area (Å²) in [5.41, 5.74) is 5.50. The fraction of sp³-hybridized carbons (Fsp3) is 0.524. The van der Waals surface area contributed by atoms with Crippen LogP contribution in [-0.2, 0) is 11.0 Å². The number of hydrogen-bond donors (Lipinski definition) is 1. The Kier molecular flexibility index (Phi) is 6.02. The molecular formula is C21H24F4N4O2. The number of amides is 1. The topological polar surface area (TPSA) is 71.7 Å². The molecule has 10 heteroatoms. The van der Waals surface area contributed by atoms with Crippen molar-refractivity contribution in [2.24, 2.45) is 5.73 Å². The monoisotopic (exact) mass is 440 g/mol. The van der Waals surface area contributed by atoms with Gasteiger partial charge in [-0.3, -0.25) is 14.7 Å². The minimum absolute atomic E-state index is 0.0363. The maximum Gasteiger partial charge on any atom is 0.416 e. The highest BCUT2D eigenvalue weighted by molar-refractivity contribution is 5.85. The Morgan fingerprint density at radius 1 is 1.23 bits per heavy atom. The van der Waals surface area contributed by atoms with E-state index in [0.29, 0.717) is 42.6 Å². The van der Waals surface area contributed by atoms with Crippen LogP contribution in [0.2, 0.25) is 0 Å². The van der Waals surface area contributed by atoms with Crippen molar-refractivity contribution in [2.75, 3.05) is 26.2 Å². The molecule has 4 rings (SSSR count). The Bertz CT molecular complexity index is 947. The zero-order chi connectivity index (χ0) is 22.2. The number of aromatic nitrogens is 1. The van der Waals surface area contributed by atoms with Gasteiger partial charge in [-0.05, 0) is 37.1 Å². The van der Waals surface area contributed by atoms with E-state index in [4.69, 9.17) is 10.5 Å². The average molecular weight is 440 g/mol. The largest absolute Gasteiger partial charge is 0.490 e. The Balaban J connectivity index is 1.37. The van der Waals surface area contributed by atoms with Gasteiger partial charge in [-0.25, -0.2) is 4.39 Å². The number of hydrogen-bond acceptors (Lipinski definition) is 5. The molecule has 2 aromatic rings. The summed E-state index contributed by atoms with van der Waals surface area (Å²) in [6.07, 6.45) is -3.37. The van der Waals surface area contributed by atoms with Crippen LogP contribution in [0.15, 0.2) is 30.5 Å². The first-order valence-corrected chi connectivity index (χ1v) is 10.2. The van der Waals surface area contributed by atoms with Crippen molar-refractivity contribution in [1.82, 2.24) is 14.8 Å². The number of piperidine rings is 1. The van der Waals surface area contributed by atoms with Crippen molar-refractivity contribution in [1.29, 1.82) is 0 Å².